The Morgan fingerprint density at radius 2 is 1.58 bits per heavy atom. The number of nitriles is 1. The number of hydrogen-bond donors (Lipinski definition) is 0. The zero-order chi connectivity index (χ0) is 17.8. The van der Waals surface area contributed by atoms with Crippen molar-refractivity contribution in [2.45, 2.75) is 20.8 Å². The predicted molar refractivity (Wildman–Crippen MR) is 104 cm³/mol. The molecule has 2 aromatic rings. The summed E-state index contributed by atoms with van der Waals surface area (Å²) < 4.78 is 0. The van der Waals surface area contributed by atoms with Crippen LogP contribution in [0.2, 0.25) is 0 Å². The Labute approximate surface area is 145 Å². The Balaban J connectivity index is 0.00000139. The van der Waals surface area contributed by atoms with Gasteiger partial charge in [0.15, 0.2) is 0 Å². The van der Waals surface area contributed by atoms with E-state index in [1.54, 1.807) is 0 Å². The largest absolute Gasteiger partial charge is 0.311 e. The Kier molecular flexibility index (Phi) is 8.42. The molecule has 2 heteroatoms. The molecule has 0 aliphatic heterocycles. The van der Waals surface area contributed by atoms with Crippen LogP contribution in [0.5, 0.6) is 0 Å². The average molecular weight is 316 g/mol. The third-order valence-electron chi connectivity index (χ3n) is 3.20. The number of allylic oxidation sites excluding steroid dienone is 4. The van der Waals surface area contributed by atoms with Crippen LogP contribution in [-0.2, 0) is 0 Å². The molecule has 0 aliphatic rings. The molecule has 0 radical (unpaired) electrons. The van der Waals surface area contributed by atoms with Crippen molar-refractivity contribution in [3.63, 3.8) is 0 Å². The second-order valence-electron chi connectivity index (χ2n) is 4.65. The van der Waals surface area contributed by atoms with Gasteiger partial charge < -0.3 is 4.90 Å². The van der Waals surface area contributed by atoms with E-state index in [-0.39, 0.29) is 0 Å². The predicted octanol–water partition coefficient (Wildman–Crippen LogP) is 6.37. The zero-order valence-corrected chi connectivity index (χ0v) is 14.6. The molecule has 0 spiro atoms. The van der Waals surface area contributed by atoms with Crippen molar-refractivity contribution in [1.82, 2.24) is 0 Å². The molecule has 0 bridgehead atoms. The summed E-state index contributed by atoms with van der Waals surface area (Å²) in [6.07, 6.45) is 7.80. The minimum Gasteiger partial charge on any atom is -0.311 e. The molecular weight excluding hydrogens is 292 g/mol. The van der Waals surface area contributed by atoms with Gasteiger partial charge in [-0.2, -0.15) is 5.26 Å². The van der Waals surface area contributed by atoms with Crippen LogP contribution in [0.15, 0.2) is 91.2 Å². The standard InChI is InChI=1S/C20H18N2.C2H6/c1-3-5-9-18(4-2)22(19-10-7-6-8-11-19)20-14-12-17(16-21)13-15-20;1-2/h3-15H,2H2,1H3;1-2H3/b5-3-,18-9+;. The summed E-state index contributed by atoms with van der Waals surface area (Å²) in [4.78, 5) is 2.11. The Morgan fingerprint density at radius 3 is 2.08 bits per heavy atom. The highest BCUT2D eigenvalue weighted by atomic mass is 15.1. The second-order valence-corrected chi connectivity index (χ2v) is 4.65. The highest BCUT2D eigenvalue weighted by molar-refractivity contribution is 5.70. The van der Waals surface area contributed by atoms with Crippen molar-refractivity contribution in [2.75, 3.05) is 4.90 Å². The quantitative estimate of drug-likeness (QED) is 0.599. The fraction of sp³-hybridized carbons (Fsp3) is 0.136. The summed E-state index contributed by atoms with van der Waals surface area (Å²) >= 11 is 0. The minimum atomic E-state index is 0.648. The van der Waals surface area contributed by atoms with E-state index >= 15 is 0 Å². The SMILES string of the molecule is C=C/C(=C\C=C/C)N(c1ccccc1)c1ccc(C#N)cc1.CC. The highest BCUT2D eigenvalue weighted by Gasteiger charge is 2.11. The lowest BCUT2D eigenvalue weighted by Gasteiger charge is -2.26. The van der Waals surface area contributed by atoms with E-state index in [1.807, 2.05) is 99.7 Å². The molecule has 0 saturated heterocycles. The molecular formula is C22H24N2. The first-order chi connectivity index (χ1) is 11.8. The summed E-state index contributed by atoms with van der Waals surface area (Å²) in [5.74, 6) is 0. The van der Waals surface area contributed by atoms with Crippen molar-refractivity contribution in [3.8, 4) is 6.07 Å². The van der Waals surface area contributed by atoms with E-state index in [1.165, 1.54) is 0 Å². The van der Waals surface area contributed by atoms with Crippen molar-refractivity contribution < 1.29 is 0 Å². The Bertz CT molecular complexity index is 717. The number of rotatable bonds is 5. The Hall–Kier alpha value is -3.05. The molecule has 0 aromatic heterocycles. The number of anilines is 2. The van der Waals surface area contributed by atoms with Gasteiger partial charge in [0.25, 0.3) is 0 Å². The van der Waals surface area contributed by atoms with Crippen LogP contribution < -0.4 is 4.90 Å². The maximum absolute atomic E-state index is 8.96. The van der Waals surface area contributed by atoms with Gasteiger partial charge >= 0.3 is 0 Å². The molecule has 0 N–H and O–H groups in total. The van der Waals surface area contributed by atoms with Gasteiger partial charge in [-0.1, -0.05) is 50.8 Å². The smallest absolute Gasteiger partial charge is 0.0991 e. The summed E-state index contributed by atoms with van der Waals surface area (Å²) in [5.41, 5.74) is 3.65. The van der Waals surface area contributed by atoms with Crippen LogP contribution in [0.25, 0.3) is 0 Å². The zero-order valence-electron chi connectivity index (χ0n) is 14.6. The average Bonchev–Trinajstić information content (AvgIpc) is 2.67. The van der Waals surface area contributed by atoms with Gasteiger partial charge in [0.1, 0.15) is 0 Å². The maximum Gasteiger partial charge on any atom is 0.0991 e. The molecule has 24 heavy (non-hydrogen) atoms. The minimum absolute atomic E-state index is 0.648. The molecule has 122 valence electrons. The first-order valence-corrected chi connectivity index (χ1v) is 8.11. The molecule has 2 nitrogen and oxygen atoms in total. The fourth-order valence-electron chi connectivity index (χ4n) is 2.14. The van der Waals surface area contributed by atoms with Gasteiger partial charge in [-0.3, -0.25) is 0 Å². The van der Waals surface area contributed by atoms with E-state index in [4.69, 9.17) is 5.26 Å². The fourth-order valence-corrected chi connectivity index (χ4v) is 2.14. The van der Waals surface area contributed by atoms with E-state index in [0.29, 0.717) is 5.56 Å². The van der Waals surface area contributed by atoms with Crippen molar-refractivity contribution in [1.29, 1.82) is 5.26 Å². The number of benzene rings is 2. The third-order valence-corrected chi connectivity index (χ3v) is 3.20. The van der Waals surface area contributed by atoms with Crippen LogP contribution in [0.1, 0.15) is 26.3 Å². The van der Waals surface area contributed by atoms with Gasteiger partial charge in [-0.25, -0.2) is 0 Å². The maximum atomic E-state index is 8.96. The van der Waals surface area contributed by atoms with Crippen molar-refractivity contribution in [2.24, 2.45) is 0 Å². The van der Waals surface area contributed by atoms with Gasteiger partial charge in [0, 0.05) is 17.1 Å². The monoisotopic (exact) mass is 316 g/mol. The number of para-hydroxylation sites is 1. The van der Waals surface area contributed by atoms with Gasteiger partial charge in [-0.05, 0) is 55.5 Å². The molecule has 0 aliphatic carbocycles. The summed E-state index contributed by atoms with van der Waals surface area (Å²) in [5, 5.41) is 8.96. The molecule has 2 aromatic carbocycles. The molecule has 0 amide bonds. The third kappa shape index (κ3) is 5.00. The van der Waals surface area contributed by atoms with E-state index in [0.717, 1.165) is 17.1 Å². The van der Waals surface area contributed by atoms with E-state index < -0.39 is 0 Å². The summed E-state index contributed by atoms with van der Waals surface area (Å²) in [6.45, 7) is 9.90. The van der Waals surface area contributed by atoms with Crippen LogP contribution in [0.3, 0.4) is 0 Å². The molecule has 0 fully saturated rings. The first-order valence-electron chi connectivity index (χ1n) is 8.11. The molecule has 0 saturated carbocycles. The summed E-state index contributed by atoms with van der Waals surface area (Å²) in [6, 6.07) is 19.8. The van der Waals surface area contributed by atoms with Crippen LogP contribution in [0.4, 0.5) is 11.4 Å². The topological polar surface area (TPSA) is 27.0 Å². The normalized spacial score (nSPS) is 10.5. The van der Waals surface area contributed by atoms with Gasteiger partial charge in [0.05, 0.1) is 11.6 Å². The van der Waals surface area contributed by atoms with Crippen LogP contribution in [-0.4, -0.2) is 0 Å². The Morgan fingerprint density at radius 1 is 1.00 bits per heavy atom. The molecule has 2 rings (SSSR count). The van der Waals surface area contributed by atoms with E-state index in [2.05, 4.69) is 17.5 Å². The van der Waals surface area contributed by atoms with Gasteiger partial charge in [0.2, 0.25) is 0 Å². The van der Waals surface area contributed by atoms with E-state index in [9.17, 15) is 0 Å². The van der Waals surface area contributed by atoms with Gasteiger partial charge in [-0.15, -0.1) is 0 Å². The summed E-state index contributed by atoms with van der Waals surface area (Å²) in [7, 11) is 0. The first kappa shape index (κ1) is 19.0. The van der Waals surface area contributed by atoms with Crippen molar-refractivity contribution >= 4 is 11.4 Å². The molecule has 0 unspecified atom stereocenters. The van der Waals surface area contributed by atoms with Crippen molar-refractivity contribution in [3.05, 3.63) is 96.7 Å². The lowest BCUT2D eigenvalue weighted by Crippen LogP contribution is -2.14. The highest BCUT2D eigenvalue weighted by Crippen LogP contribution is 2.30. The second kappa shape index (κ2) is 10.6. The lowest BCUT2D eigenvalue weighted by molar-refractivity contribution is 1.21. The van der Waals surface area contributed by atoms with Crippen LogP contribution >= 0.6 is 0 Å². The number of nitrogens with zero attached hydrogens (tertiary/aromatic N) is 2. The molecule has 0 atom stereocenters. The molecule has 0 heterocycles. The van der Waals surface area contributed by atoms with Crippen LogP contribution in [0, 0.1) is 11.3 Å². The number of hydrogen-bond acceptors (Lipinski definition) is 2. The lowest BCUT2D eigenvalue weighted by atomic mass is 10.1.